The average Bonchev–Trinajstić information content (AvgIpc) is 2.86. The minimum absolute atomic E-state index is 0.256. The lowest BCUT2D eigenvalue weighted by atomic mass is 10.2. The lowest BCUT2D eigenvalue weighted by Crippen LogP contribution is -2.04. The molecule has 1 aromatic carbocycles. The van der Waals surface area contributed by atoms with E-state index in [9.17, 15) is 0 Å². The SMILES string of the molecule is COc1ccc(CNc2nnc(C(C)N)o2)cc1. The zero-order valence-corrected chi connectivity index (χ0v) is 10.4. The number of methoxy groups -OCH3 is 1. The Morgan fingerprint density at radius 3 is 2.61 bits per heavy atom. The van der Waals surface area contributed by atoms with Crippen molar-refractivity contribution in [1.29, 1.82) is 0 Å². The predicted molar refractivity (Wildman–Crippen MR) is 67.2 cm³/mol. The molecule has 1 heterocycles. The van der Waals surface area contributed by atoms with Gasteiger partial charge in [0, 0.05) is 6.54 Å². The molecule has 0 fully saturated rings. The van der Waals surface area contributed by atoms with E-state index in [1.807, 2.05) is 24.3 Å². The van der Waals surface area contributed by atoms with E-state index in [1.165, 1.54) is 0 Å². The maximum Gasteiger partial charge on any atom is 0.315 e. The summed E-state index contributed by atoms with van der Waals surface area (Å²) in [5.74, 6) is 1.25. The van der Waals surface area contributed by atoms with Crippen LogP contribution in [0.15, 0.2) is 28.7 Å². The molecule has 1 unspecified atom stereocenters. The number of rotatable bonds is 5. The fourth-order valence-electron chi connectivity index (χ4n) is 1.41. The Balaban J connectivity index is 1.93. The first-order valence-corrected chi connectivity index (χ1v) is 5.65. The number of aromatic nitrogens is 2. The van der Waals surface area contributed by atoms with Crippen LogP contribution in [0.4, 0.5) is 6.01 Å². The topological polar surface area (TPSA) is 86.2 Å². The summed E-state index contributed by atoms with van der Waals surface area (Å²) in [5.41, 5.74) is 6.72. The van der Waals surface area contributed by atoms with Crippen molar-refractivity contribution in [2.24, 2.45) is 5.73 Å². The van der Waals surface area contributed by atoms with Crippen LogP contribution in [0.2, 0.25) is 0 Å². The van der Waals surface area contributed by atoms with Gasteiger partial charge < -0.3 is 20.2 Å². The number of hydrogen-bond donors (Lipinski definition) is 2. The molecular formula is C12H16N4O2. The van der Waals surface area contributed by atoms with Gasteiger partial charge in [0.15, 0.2) is 0 Å². The third kappa shape index (κ3) is 2.98. The van der Waals surface area contributed by atoms with Crippen molar-refractivity contribution in [3.63, 3.8) is 0 Å². The fraction of sp³-hybridized carbons (Fsp3) is 0.333. The monoisotopic (exact) mass is 248 g/mol. The highest BCUT2D eigenvalue weighted by molar-refractivity contribution is 5.29. The van der Waals surface area contributed by atoms with Crippen molar-refractivity contribution in [3.8, 4) is 5.75 Å². The van der Waals surface area contributed by atoms with E-state index >= 15 is 0 Å². The molecule has 2 rings (SSSR count). The van der Waals surface area contributed by atoms with E-state index < -0.39 is 0 Å². The summed E-state index contributed by atoms with van der Waals surface area (Å²) in [6, 6.07) is 7.85. The first-order valence-electron chi connectivity index (χ1n) is 5.65. The molecule has 0 aliphatic heterocycles. The van der Waals surface area contributed by atoms with Crippen molar-refractivity contribution in [2.45, 2.75) is 19.5 Å². The van der Waals surface area contributed by atoms with Gasteiger partial charge in [-0.3, -0.25) is 0 Å². The van der Waals surface area contributed by atoms with E-state index in [2.05, 4.69) is 15.5 Å². The Hall–Kier alpha value is -2.08. The summed E-state index contributed by atoms with van der Waals surface area (Å²) >= 11 is 0. The minimum Gasteiger partial charge on any atom is -0.497 e. The number of nitrogens with zero attached hydrogens (tertiary/aromatic N) is 2. The molecule has 18 heavy (non-hydrogen) atoms. The summed E-state index contributed by atoms with van der Waals surface area (Å²) < 4.78 is 10.4. The molecule has 0 saturated heterocycles. The molecule has 0 radical (unpaired) electrons. The van der Waals surface area contributed by atoms with Crippen LogP contribution in [-0.2, 0) is 6.54 Å². The van der Waals surface area contributed by atoms with Crippen molar-refractivity contribution >= 4 is 6.01 Å². The van der Waals surface area contributed by atoms with E-state index in [1.54, 1.807) is 14.0 Å². The molecule has 0 bridgehead atoms. The number of nitrogens with one attached hydrogen (secondary N) is 1. The Kier molecular flexibility index (Phi) is 3.78. The molecule has 0 amide bonds. The second-order valence-electron chi connectivity index (χ2n) is 3.94. The molecule has 96 valence electrons. The van der Waals surface area contributed by atoms with Crippen LogP contribution in [0.1, 0.15) is 24.4 Å². The molecule has 6 heteroatoms. The van der Waals surface area contributed by atoms with E-state index in [4.69, 9.17) is 14.9 Å². The van der Waals surface area contributed by atoms with Crippen LogP contribution >= 0.6 is 0 Å². The van der Waals surface area contributed by atoms with Gasteiger partial charge in [0.2, 0.25) is 5.89 Å². The third-order valence-electron chi connectivity index (χ3n) is 2.43. The fourth-order valence-corrected chi connectivity index (χ4v) is 1.41. The number of anilines is 1. The van der Waals surface area contributed by atoms with Crippen molar-refractivity contribution in [1.82, 2.24) is 10.2 Å². The highest BCUT2D eigenvalue weighted by Crippen LogP contribution is 2.14. The highest BCUT2D eigenvalue weighted by Gasteiger charge is 2.09. The molecule has 0 aliphatic rings. The third-order valence-corrected chi connectivity index (χ3v) is 2.43. The number of nitrogens with two attached hydrogens (primary N) is 1. The Bertz CT molecular complexity index is 493. The van der Waals surface area contributed by atoms with E-state index in [0.29, 0.717) is 18.5 Å². The van der Waals surface area contributed by atoms with Gasteiger partial charge in [0.25, 0.3) is 0 Å². The smallest absolute Gasteiger partial charge is 0.315 e. The zero-order valence-electron chi connectivity index (χ0n) is 10.4. The lowest BCUT2D eigenvalue weighted by Gasteiger charge is -2.03. The largest absolute Gasteiger partial charge is 0.497 e. The maximum atomic E-state index is 5.63. The van der Waals surface area contributed by atoms with Crippen molar-refractivity contribution < 1.29 is 9.15 Å². The summed E-state index contributed by atoms with van der Waals surface area (Å²) in [6.45, 7) is 2.39. The lowest BCUT2D eigenvalue weighted by molar-refractivity contribution is 0.414. The van der Waals surface area contributed by atoms with Gasteiger partial charge in [-0.15, -0.1) is 5.10 Å². The molecule has 0 aliphatic carbocycles. The average molecular weight is 248 g/mol. The van der Waals surface area contributed by atoms with Crippen LogP contribution in [0.25, 0.3) is 0 Å². The number of benzene rings is 1. The second-order valence-corrected chi connectivity index (χ2v) is 3.94. The molecule has 1 aromatic heterocycles. The van der Waals surface area contributed by atoms with Gasteiger partial charge in [-0.25, -0.2) is 0 Å². The number of hydrogen-bond acceptors (Lipinski definition) is 6. The molecule has 2 aromatic rings. The van der Waals surface area contributed by atoms with Gasteiger partial charge in [-0.05, 0) is 24.6 Å². The van der Waals surface area contributed by atoms with Gasteiger partial charge in [-0.2, -0.15) is 0 Å². The Morgan fingerprint density at radius 1 is 1.33 bits per heavy atom. The van der Waals surface area contributed by atoms with Gasteiger partial charge in [-0.1, -0.05) is 17.2 Å². The number of ether oxygens (including phenoxy) is 1. The first-order chi connectivity index (χ1) is 8.69. The Morgan fingerprint density at radius 2 is 2.06 bits per heavy atom. The summed E-state index contributed by atoms with van der Waals surface area (Å²) in [6.07, 6.45) is 0. The highest BCUT2D eigenvalue weighted by atomic mass is 16.5. The minimum atomic E-state index is -0.256. The van der Waals surface area contributed by atoms with Crippen LogP contribution < -0.4 is 15.8 Å². The second kappa shape index (κ2) is 5.50. The molecule has 3 N–H and O–H groups in total. The van der Waals surface area contributed by atoms with Crippen LogP contribution in [0.3, 0.4) is 0 Å². The molecule has 6 nitrogen and oxygen atoms in total. The maximum absolute atomic E-state index is 5.63. The van der Waals surface area contributed by atoms with Gasteiger partial charge in [0.05, 0.1) is 13.2 Å². The van der Waals surface area contributed by atoms with E-state index in [-0.39, 0.29) is 6.04 Å². The summed E-state index contributed by atoms with van der Waals surface area (Å²) in [7, 11) is 1.64. The molecular weight excluding hydrogens is 232 g/mol. The van der Waals surface area contributed by atoms with Crippen LogP contribution in [0.5, 0.6) is 5.75 Å². The van der Waals surface area contributed by atoms with Crippen molar-refractivity contribution in [3.05, 3.63) is 35.7 Å². The normalized spacial score (nSPS) is 12.2. The molecule has 0 saturated carbocycles. The van der Waals surface area contributed by atoms with Crippen LogP contribution in [-0.4, -0.2) is 17.3 Å². The quantitative estimate of drug-likeness (QED) is 0.837. The zero-order chi connectivity index (χ0) is 13.0. The van der Waals surface area contributed by atoms with Gasteiger partial charge in [0.1, 0.15) is 5.75 Å². The summed E-state index contributed by atoms with van der Waals surface area (Å²) in [4.78, 5) is 0. The van der Waals surface area contributed by atoms with E-state index in [0.717, 1.165) is 11.3 Å². The predicted octanol–water partition coefficient (Wildman–Crippen LogP) is 1.71. The molecule has 1 atom stereocenters. The van der Waals surface area contributed by atoms with Crippen LogP contribution in [0, 0.1) is 0 Å². The summed E-state index contributed by atoms with van der Waals surface area (Å²) in [5, 5.41) is 10.7. The first kappa shape index (κ1) is 12.4. The molecule has 0 spiro atoms. The standard InChI is InChI=1S/C12H16N4O2/c1-8(13)11-15-16-12(18-11)14-7-9-3-5-10(17-2)6-4-9/h3-6,8H,7,13H2,1-2H3,(H,14,16). The van der Waals surface area contributed by atoms with Gasteiger partial charge >= 0.3 is 6.01 Å². The van der Waals surface area contributed by atoms with Crippen molar-refractivity contribution in [2.75, 3.05) is 12.4 Å². The Labute approximate surface area is 105 Å².